The number of ether oxygens (including phenoxy) is 2. The predicted molar refractivity (Wildman–Crippen MR) is 86.1 cm³/mol. The van der Waals surface area contributed by atoms with Crippen molar-refractivity contribution in [3.8, 4) is 5.75 Å². The summed E-state index contributed by atoms with van der Waals surface area (Å²) in [5.74, 6) is 0.917. The van der Waals surface area contributed by atoms with Gasteiger partial charge in [-0.1, -0.05) is 6.07 Å². The van der Waals surface area contributed by atoms with E-state index in [-0.39, 0.29) is 6.10 Å². The monoisotopic (exact) mass is 293 g/mol. The van der Waals surface area contributed by atoms with Gasteiger partial charge < -0.3 is 20.1 Å². The number of methoxy groups -OCH3 is 2. The molecule has 1 fully saturated rings. The summed E-state index contributed by atoms with van der Waals surface area (Å²) in [6.07, 6.45) is 1.19. The van der Waals surface area contributed by atoms with E-state index in [4.69, 9.17) is 15.2 Å². The summed E-state index contributed by atoms with van der Waals surface area (Å²) >= 11 is 0. The minimum Gasteiger partial charge on any atom is -0.497 e. The van der Waals surface area contributed by atoms with Crippen molar-refractivity contribution in [2.24, 2.45) is 5.73 Å². The van der Waals surface area contributed by atoms with E-state index in [1.165, 1.54) is 5.69 Å². The Morgan fingerprint density at radius 1 is 1.19 bits per heavy atom. The van der Waals surface area contributed by atoms with Gasteiger partial charge in [-0.05, 0) is 18.6 Å². The molecule has 0 bridgehead atoms. The van der Waals surface area contributed by atoms with E-state index in [0.717, 1.165) is 44.9 Å². The zero-order chi connectivity index (χ0) is 15.1. The highest BCUT2D eigenvalue weighted by atomic mass is 16.5. The zero-order valence-corrected chi connectivity index (χ0v) is 13.1. The Morgan fingerprint density at radius 2 is 1.95 bits per heavy atom. The van der Waals surface area contributed by atoms with E-state index in [9.17, 15) is 0 Å². The molecule has 1 heterocycles. The van der Waals surface area contributed by atoms with Crippen molar-refractivity contribution in [3.05, 3.63) is 24.3 Å². The Balaban J connectivity index is 1.80. The molecule has 2 N–H and O–H groups in total. The lowest BCUT2D eigenvalue weighted by Gasteiger charge is -2.36. The van der Waals surface area contributed by atoms with Crippen molar-refractivity contribution < 1.29 is 9.47 Å². The molecule has 0 spiro atoms. The van der Waals surface area contributed by atoms with E-state index >= 15 is 0 Å². The summed E-state index contributed by atoms with van der Waals surface area (Å²) in [5, 5.41) is 0. The Kier molecular flexibility index (Phi) is 6.29. The standard InChI is InChI=1S/C16H27N3O2/c1-20-15-5-3-4-14(12-15)19-10-8-18(9-11-19)7-6-16(13-17)21-2/h3-5,12,16H,6-11,13,17H2,1-2H3. The van der Waals surface area contributed by atoms with E-state index in [2.05, 4.69) is 21.9 Å². The first kappa shape index (κ1) is 16.1. The van der Waals surface area contributed by atoms with Crippen LogP contribution in [0.15, 0.2) is 24.3 Å². The number of nitrogens with two attached hydrogens (primary N) is 1. The van der Waals surface area contributed by atoms with Crippen molar-refractivity contribution >= 4 is 5.69 Å². The van der Waals surface area contributed by atoms with Crippen LogP contribution < -0.4 is 15.4 Å². The molecule has 2 rings (SSSR count). The normalized spacial score (nSPS) is 17.8. The number of rotatable bonds is 7. The van der Waals surface area contributed by atoms with Gasteiger partial charge in [0.15, 0.2) is 0 Å². The van der Waals surface area contributed by atoms with Gasteiger partial charge in [-0.25, -0.2) is 0 Å². The molecular weight excluding hydrogens is 266 g/mol. The van der Waals surface area contributed by atoms with Crippen LogP contribution in [-0.4, -0.2) is 64.5 Å². The second kappa shape index (κ2) is 8.22. The van der Waals surface area contributed by atoms with Crippen molar-refractivity contribution in [2.45, 2.75) is 12.5 Å². The fourth-order valence-electron chi connectivity index (χ4n) is 2.70. The van der Waals surface area contributed by atoms with Gasteiger partial charge in [-0.3, -0.25) is 4.90 Å². The van der Waals surface area contributed by atoms with Gasteiger partial charge in [0, 0.05) is 58.1 Å². The molecule has 0 radical (unpaired) electrons. The molecule has 1 aromatic carbocycles. The quantitative estimate of drug-likeness (QED) is 0.818. The number of benzene rings is 1. The van der Waals surface area contributed by atoms with Crippen LogP contribution in [-0.2, 0) is 4.74 Å². The molecule has 21 heavy (non-hydrogen) atoms. The van der Waals surface area contributed by atoms with Crippen LogP contribution >= 0.6 is 0 Å². The lowest BCUT2D eigenvalue weighted by Crippen LogP contribution is -2.47. The Morgan fingerprint density at radius 3 is 2.57 bits per heavy atom. The third kappa shape index (κ3) is 4.59. The average molecular weight is 293 g/mol. The Bertz CT molecular complexity index is 416. The molecule has 5 heteroatoms. The molecule has 5 nitrogen and oxygen atoms in total. The molecule has 0 saturated carbocycles. The van der Waals surface area contributed by atoms with E-state index in [0.29, 0.717) is 6.54 Å². The first-order chi connectivity index (χ1) is 10.3. The second-order valence-electron chi connectivity index (χ2n) is 5.41. The fourth-order valence-corrected chi connectivity index (χ4v) is 2.70. The largest absolute Gasteiger partial charge is 0.497 e. The maximum absolute atomic E-state index is 5.66. The van der Waals surface area contributed by atoms with Crippen LogP contribution in [0.4, 0.5) is 5.69 Å². The maximum atomic E-state index is 5.66. The minimum absolute atomic E-state index is 0.182. The van der Waals surface area contributed by atoms with Crippen molar-refractivity contribution in [1.82, 2.24) is 4.90 Å². The van der Waals surface area contributed by atoms with Gasteiger partial charge in [-0.15, -0.1) is 0 Å². The number of hydrogen-bond donors (Lipinski definition) is 1. The first-order valence-corrected chi connectivity index (χ1v) is 7.61. The van der Waals surface area contributed by atoms with Crippen LogP contribution in [0.3, 0.4) is 0 Å². The number of piperazine rings is 1. The third-order valence-electron chi connectivity index (χ3n) is 4.15. The number of nitrogens with zero attached hydrogens (tertiary/aromatic N) is 2. The molecule has 0 aromatic heterocycles. The van der Waals surface area contributed by atoms with Gasteiger partial charge in [0.1, 0.15) is 5.75 Å². The molecule has 1 aromatic rings. The Hall–Kier alpha value is -1.30. The molecule has 1 unspecified atom stereocenters. The lowest BCUT2D eigenvalue weighted by molar-refractivity contribution is 0.0885. The van der Waals surface area contributed by atoms with Gasteiger partial charge in [0.05, 0.1) is 13.2 Å². The maximum Gasteiger partial charge on any atom is 0.120 e. The summed E-state index contributed by atoms with van der Waals surface area (Å²) in [6, 6.07) is 8.28. The summed E-state index contributed by atoms with van der Waals surface area (Å²) < 4.78 is 10.6. The molecule has 1 atom stereocenters. The van der Waals surface area contributed by atoms with Crippen LogP contribution in [0.5, 0.6) is 5.75 Å². The molecule has 0 amide bonds. The van der Waals surface area contributed by atoms with Crippen LogP contribution in [0, 0.1) is 0 Å². The van der Waals surface area contributed by atoms with Gasteiger partial charge >= 0.3 is 0 Å². The average Bonchev–Trinajstić information content (AvgIpc) is 2.56. The number of hydrogen-bond acceptors (Lipinski definition) is 5. The molecule has 0 aliphatic carbocycles. The highest BCUT2D eigenvalue weighted by molar-refractivity contribution is 5.51. The molecule has 1 aliphatic heterocycles. The third-order valence-corrected chi connectivity index (χ3v) is 4.15. The second-order valence-corrected chi connectivity index (χ2v) is 5.41. The summed E-state index contributed by atoms with van der Waals surface area (Å²) in [6.45, 7) is 5.92. The molecular formula is C16H27N3O2. The molecule has 118 valence electrons. The SMILES string of the molecule is COc1cccc(N2CCN(CCC(CN)OC)CC2)c1. The summed E-state index contributed by atoms with van der Waals surface area (Å²) in [7, 11) is 3.44. The van der Waals surface area contributed by atoms with Gasteiger partial charge in [0.25, 0.3) is 0 Å². The predicted octanol–water partition coefficient (Wildman–Crippen LogP) is 1.18. The summed E-state index contributed by atoms with van der Waals surface area (Å²) in [4.78, 5) is 4.90. The van der Waals surface area contributed by atoms with Crippen LogP contribution in [0.2, 0.25) is 0 Å². The van der Waals surface area contributed by atoms with Crippen molar-refractivity contribution in [2.75, 3.05) is 58.4 Å². The van der Waals surface area contributed by atoms with E-state index in [1.54, 1.807) is 14.2 Å². The van der Waals surface area contributed by atoms with Crippen LogP contribution in [0.25, 0.3) is 0 Å². The van der Waals surface area contributed by atoms with E-state index in [1.807, 2.05) is 12.1 Å². The van der Waals surface area contributed by atoms with Gasteiger partial charge in [0.2, 0.25) is 0 Å². The van der Waals surface area contributed by atoms with Crippen molar-refractivity contribution in [3.63, 3.8) is 0 Å². The summed E-state index contributed by atoms with van der Waals surface area (Å²) in [5.41, 5.74) is 6.90. The fraction of sp³-hybridized carbons (Fsp3) is 0.625. The molecule has 1 saturated heterocycles. The highest BCUT2D eigenvalue weighted by Gasteiger charge is 2.18. The van der Waals surface area contributed by atoms with Crippen molar-refractivity contribution in [1.29, 1.82) is 0 Å². The number of anilines is 1. The lowest BCUT2D eigenvalue weighted by atomic mass is 10.2. The van der Waals surface area contributed by atoms with Gasteiger partial charge in [-0.2, -0.15) is 0 Å². The smallest absolute Gasteiger partial charge is 0.120 e. The Labute approximate surface area is 127 Å². The highest BCUT2D eigenvalue weighted by Crippen LogP contribution is 2.22. The van der Waals surface area contributed by atoms with E-state index < -0.39 is 0 Å². The topological polar surface area (TPSA) is 51.0 Å². The minimum atomic E-state index is 0.182. The first-order valence-electron chi connectivity index (χ1n) is 7.61. The van der Waals surface area contributed by atoms with Crippen LogP contribution in [0.1, 0.15) is 6.42 Å². The zero-order valence-electron chi connectivity index (χ0n) is 13.1. The molecule has 1 aliphatic rings.